The van der Waals surface area contributed by atoms with E-state index < -0.39 is 0 Å². The molecule has 0 saturated carbocycles. The maximum absolute atomic E-state index is 11.8. The number of carbonyl (C=O) groups excluding carboxylic acids is 1. The Morgan fingerprint density at radius 1 is 1.13 bits per heavy atom. The summed E-state index contributed by atoms with van der Waals surface area (Å²) in [6.07, 6.45) is 4.81. The van der Waals surface area contributed by atoms with Gasteiger partial charge in [-0.1, -0.05) is 12.1 Å². The van der Waals surface area contributed by atoms with Crippen LogP contribution in [0.5, 0.6) is 5.75 Å². The van der Waals surface area contributed by atoms with Crippen molar-refractivity contribution in [2.75, 3.05) is 20.2 Å². The van der Waals surface area contributed by atoms with Gasteiger partial charge in [-0.25, -0.2) is 0 Å². The summed E-state index contributed by atoms with van der Waals surface area (Å²) in [6, 6.07) is 11.8. The van der Waals surface area contributed by atoms with Crippen LogP contribution in [0.1, 0.15) is 17.5 Å². The number of nitrogens with zero attached hydrogens (tertiary/aromatic N) is 1. The van der Waals surface area contributed by atoms with Crippen LogP contribution in [0.25, 0.3) is 0 Å². The number of amides is 1. The van der Waals surface area contributed by atoms with Gasteiger partial charge in [-0.2, -0.15) is 0 Å². The highest BCUT2D eigenvalue weighted by molar-refractivity contribution is 5.76. The first kappa shape index (κ1) is 17.0. The summed E-state index contributed by atoms with van der Waals surface area (Å²) in [5.41, 5.74) is 2.32. The van der Waals surface area contributed by atoms with E-state index >= 15 is 0 Å². The van der Waals surface area contributed by atoms with E-state index in [1.807, 2.05) is 36.4 Å². The van der Waals surface area contributed by atoms with Gasteiger partial charge in [-0.15, -0.1) is 0 Å². The number of aromatic nitrogens is 1. The minimum absolute atomic E-state index is 0.0649. The Morgan fingerprint density at radius 3 is 2.74 bits per heavy atom. The van der Waals surface area contributed by atoms with E-state index in [9.17, 15) is 4.79 Å². The van der Waals surface area contributed by atoms with Crippen molar-refractivity contribution in [3.63, 3.8) is 0 Å². The molecule has 0 atom stereocenters. The van der Waals surface area contributed by atoms with Gasteiger partial charge in [0.25, 0.3) is 0 Å². The molecule has 1 aromatic heterocycles. The second-order valence-electron chi connectivity index (χ2n) is 5.23. The fourth-order valence-corrected chi connectivity index (χ4v) is 2.20. The molecule has 1 heterocycles. The molecule has 1 amide bonds. The molecule has 5 nitrogen and oxygen atoms in total. The van der Waals surface area contributed by atoms with Gasteiger partial charge >= 0.3 is 0 Å². The molecule has 2 aromatic rings. The van der Waals surface area contributed by atoms with Gasteiger partial charge in [0.2, 0.25) is 5.91 Å². The normalized spacial score (nSPS) is 10.3. The van der Waals surface area contributed by atoms with E-state index in [1.54, 1.807) is 19.5 Å². The third-order valence-corrected chi connectivity index (χ3v) is 3.48. The van der Waals surface area contributed by atoms with Crippen LogP contribution in [0.2, 0.25) is 0 Å². The minimum Gasteiger partial charge on any atom is -0.497 e. The number of pyridine rings is 1. The summed E-state index contributed by atoms with van der Waals surface area (Å²) < 4.78 is 5.18. The Morgan fingerprint density at radius 2 is 1.96 bits per heavy atom. The van der Waals surface area contributed by atoms with Gasteiger partial charge in [0.05, 0.1) is 7.11 Å². The van der Waals surface area contributed by atoms with E-state index in [-0.39, 0.29) is 5.91 Å². The van der Waals surface area contributed by atoms with Gasteiger partial charge in [0.15, 0.2) is 0 Å². The fraction of sp³-hybridized carbons (Fsp3) is 0.333. The van der Waals surface area contributed by atoms with Gasteiger partial charge in [0, 0.05) is 38.4 Å². The number of nitrogens with one attached hydrogen (secondary N) is 2. The first-order valence-electron chi connectivity index (χ1n) is 7.77. The van der Waals surface area contributed by atoms with Crippen molar-refractivity contribution in [2.45, 2.75) is 19.4 Å². The van der Waals surface area contributed by atoms with E-state index in [4.69, 9.17) is 4.74 Å². The van der Waals surface area contributed by atoms with Crippen molar-refractivity contribution in [2.24, 2.45) is 0 Å². The zero-order chi connectivity index (χ0) is 16.3. The largest absolute Gasteiger partial charge is 0.497 e. The number of methoxy groups -OCH3 is 1. The van der Waals surface area contributed by atoms with E-state index in [2.05, 4.69) is 15.6 Å². The Bertz CT molecular complexity index is 602. The van der Waals surface area contributed by atoms with Gasteiger partial charge in [-0.3, -0.25) is 9.78 Å². The van der Waals surface area contributed by atoms with Crippen molar-refractivity contribution in [1.82, 2.24) is 15.6 Å². The molecule has 2 rings (SSSR count). The highest BCUT2D eigenvalue weighted by atomic mass is 16.5. The van der Waals surface area contributed by atoms with Crippen LogP contribution in [0.4, 0.5) is 0 Å². The first-order chi connectivity index (χ1) is 11.3. The van der Waals surface area contributed by atoms with Crippen molar-refractivity contribution < 1.29 is 9.53 Å². The Balaban J connectivity index is 1.58. The van der Waals surface area contributed by atoms with Gasteiger partial charge in [0.1, 0.15) is 5.75 Å². The van der Waals surface area contributed by atoms with Gasteiger partial charge in [-0.05, 0) is 41.8 Å². The highest BCUT2D eigenvalue weighted by Crippen LogP contribution is 2.12. The number of ether oxygens (including phenoxy) is 1. The van der Waals surface area contributed by atoms with Crippen molar-refractivity contribution in [1.29, 1.82) is 0 Å². The number of benzene rings is 1. The lowest BCUT2D eigenvalue weighted by atomic mass is 10.1. The predicted molar refractivity (Wildman–Crippen MR) is 90.3 cm³/mol. The molecule has 0 aliphatic heterocycles. The summed E-state index contributed by atoms with van der Waals surface area (Å²) in [6.45, 7) is 2.04. The lowest BCUT2D eigenvalue weighted by molar-refractivity contribution is -0.120. The Labute approximate surface area is 137 Å². The average molecular weight is 313 g/mol. The molecular weight excluding hydrogens is 290 g/mol. The quantitative estimate of drug-likeness (QED) is 0.694. The maximum atomic E-state index is 11.8. The highest BCUT2D eigenvalue weighted by Gasteiger charge is 2.01. The number of carbonyl (C=O) groups is 1. The monoisotopic (exact) mass is 313 g/mol. The molecule has 0 radical (unpaired) electrons. The third kappa shape index (κ3) is 6.48. The topological polar surface area (TPSA) is 63.2 Å². The van der Waals surface area contributed by atoms with Crippen LogP contribution in [-0.4, -0.2) is 31.1 Å². The first-order valence-corrected chi connectivity index (χ1v) is 7.77. The summed E-state index contributed by atoms with van der Waals surface area (Å²) in [5.74, 6) is 0.907. The molecular formula is C18H23N3O2. The van der Waals surface area contributed by atoms with Crippen molar-refractivity contribution in [3.8, 4) is 5.75 Å². The predicted octanol–water partition coefficient (Wildman–Crippen LogP) is 1.93. The summed E-state index contributed by atoms with van der Waals surface area (Å²) in [7, 11) is 1.65. The third-order valence-electron chi connectivity index (χ3n) is 3.48. The van der Waals surface area contributed by atoms with Crippen molar-refractivity contribution in [3.05, 3.63) is 59.9 Å². The average Bonchev–Trinajstić information content (AvgIpc) is 2.60. The second kappa shape index (κ2) is 9.58. The van der Waals surface area contributed by atoms with Crippen LogP contribution in [0.3, 0.4) is 0 Å². The fourth-order valence-electron chi connectivity index (χ4n) is 2.20. The molecule has 5 heteroatoms. The number of hydrogen-bond acceptors (Lipinski definition) is 4. The van der Waals surface area contributed by atoms with Gasteiger partial charge < -0.3 is 15.4 Å². The van der Waals surface area contributed by atoms with Crippen molar-refractivity contribution >= 4 is 5.91 Å². The molecule has 122 valence electrons. The molecule has 0 saturated heterocycles. The van der Waals surface area contributed by atoms with Crippen LogP contribution < -0.4 is 15.4 Å². The lowest BCUT2D eigenvalue weighted by Gasteiger charge is -2.07. The Hall–Kier alpha value is -2.40. The van der Waals surface area contributed by atoms with Crippen LogP contribution in [0.15, 0.2) is 48.8 Å². The molecule has 0 unspecified atom stereocenters. The molecule has 2 N–H and O–H groups in total. The smallest absolute Gasteiger partial charge is 0.221 e. The molecule has 23 heavy (non-hydrogen) atoms. The molecule has 0 spiro atoms. The second-order valence-corrected chi connectivity index (χ2v) is 5.23. The Kier molecular flexibility index (Phi) is 7.07. The zero-order valence-electron chi connectivity index (χ0n) is 13.4. The summed E-state index contributed by atoms with van der Waals surface area (Å²) in [5, 5.41) is 6.19. The summed E-state index contributed by atoms with van der Waals surface area (Å²) in [4.78, 5) is 15.8. The van der Waals surface area contributed by atoms with Crippen LogP contribution in [-0.2, 0) is 17.8 Å². The molecule has 0 fully saturated rings. The number of rotatable bonds is 9. The summed E-state index contributed by atoms with van der Waals surface area (Å²) >= 11 is 0. The standard InChI is InChI=1S/C18H23N3O2/c1-23-17-4-2-3-15(13-17)7-12-21-18(22)8-11-20-14-16-5-9-19-10-6-16/h2-6,9-10,13,20H,7-8,11-12,14H2,1H3,(H,21,22). The number of hydrogen-bond donors (Lipinski definition) is 2. The van der Waals surface area contributed by atoms with Crippen LogP contribution >= 0.6 is 0 Å². The maximum Gasteiger partial charge on any atom is 0.221 e. The molecule has 0 bridgehead atoms. The molecule has 0 aliphatic rings. The van der Waals surface area contributed by atoms with E-state index in [0.29, 0.717) is 19.5 Å². The van der Waals surface area contributed by atoms with Crippen LogP contribution in [0, 0.1) is 0 Å². The zero-order valence-corrected chi connectivity index (χ0v) is 13.4. The van der Waals surface area contributed by atoms with E-state index in [1.165, 1.54) is 5.56 Å². The molecule has 1 aromatic carbocycles. The SMILES string of the molecule is COc1cccc(CCNC(=O)CCNCc2ccncc2)c1. The minimum atomic E-state index is 0.0649. The molecule has 0 aliphatic carbocycles. The lowest BCUT2D eigenvalue weighted by Crippen LogP contribution is -2.29. The van der Waals surface area contributed by atoms with E-state index in [0.717, 1.165) is 24.3 Å².